The second-order valence-electron chi connectivity index (χ2n) is 2.94. The number of halogens is 2. The molecule has 0 fully saturated rings. The van der Waals surface area contributed by atoms with Crippen molar-refractivity contribution in [3.8, 4) is 0 Å². The van der Waals surface area contributed by atoms with Gasteiger partial charge in [0.1, 0.15) is 9.48 Å². The van der Waals surface area contributed by atoms with Crippen LogP contribution in [0.25, 0.3) is 10.1 Å². The number of aromatic nitrogens is 1. The van der Waals surface area contributed by atoms with Crippen molar-refractivity contribution in [1.29, 1.82) is 0 Å². The van der Waals surface area contributed by atoms with E-state index in [1.165, 1.54) is 11.3 Å². The van der Waals surface area contributed by atoms with E-state index in [0.29, 0.717) is 21.1 Å². The fourth-order valence-electron chi connectivity index (χ4n) is 1.29. The number of rotatable bonds is 2. The Morgan fingerprint density at radius 1 is 1.69 bits per heavy atom. The summed E-state index contributed by atoms with van der Waals surface area (Å²) < 4.78 is 6.47. The summed E-state index contributed by atoms with van der Waals surface area (Å²) in [5.41, 5.74) is 0. The molecule has 0 saturated carbocycles. The van der Waals surface area contributed by atoms with Crippen LogP contribution in [0.5, 0.6) is 0 Å². The Balaban J connectivity index is 2.60. The molecule has 0 spiro atoms. The molecular weight excluding hydrogens is 314 g/mol. The second kappa shape index (κ2) is 4.69. The first-order valence-corrected chi connectivity index (χ1v) is 6.53. The molecule has 0 N–H and O–H groups in total. The molecule has 2 aromatic rings. The predicted molar refractivity (Wildman–Crippen MR) is 68.3 cm³/mol. The van der Waals surface area contributed by atoms with Crippen LogP contribution >= 0.6 is 38.9 Å². The summed E-state index contributed by atoms with van der Waals surface area (Å²) in [7, 11) is 0. The van der Waals surface area contributed by atoms with Crippen LogP contribution in [0.4, 0.5) is 0 Å². The molecule has 0 amide bonds. The number of pyridine rings is 1. The number of hydrogen-bond acceptors (Lipinski definition) is 4. The van der Waals surface area contributed by atoms with Gasteiger partial charge in [0.25, 0.3) is 0 Å². The quantitative estimate of drug-likeness (QED) is 0.622. The molecule has 2 heterocycles. The lowest BCUT2D eigenvalue weighted by Crippen LogP contribution is -2.02. The Hall–Kier alpha value is -0.650. The Kier molecular flexibility index (Phi) is 3.47. The van der Waals surface area contributed by atoms with Crippen LogP contribution < -0.4 is 0 Å². The van der Waals surface area contributed by atoms with Gasteiger partial charge in [0.2, 0.25) is 0 Å². The molecule has 0 aliphatic heterocycles. The zero-order valence-corrected chi connectivity index (χ0v) is 11.4. The highest BCUT2D eigenvalue weighted by Gasteiger charge is 2.19. The minimum atomic E-state index is -0.388. The van der Waals surface area contributed by atoms with E-state index in [1.54, 1.807) is 19.2 Å². The van der Waals surface area contributed by atoms with Crippen LogP contribution in [-0.2, 0) is 4.74 Å². The third-order valence-electron chi connectivity index (χ3n) is 1.96. The maximum absolute atomic E-state index is 11.6. The molecule has 2 aromatic heterocycles. The van der Waals surface area contributed by atoms with Crippen LogP contribution in [0, 0.1) is 0 Å². The predicted octanol–water partition coefficient (Wildman–Crippen LogP) is 3.89. The first kappa shape index (κ1) is 11.8. The monoisotopic (exact) mass is 319 g/mol. The van der Waals surface area contributed by atoms with E-state index in [-0.39, 0.29) is 5.97 Å². The lowest BCUT2D eigenvalue weighted by Gasteiger charge is -1.97. The maximum Gasteiger partial charge on any atom is 0.349 e. The molecule has 0 aliphatic rings. The molecule has 0 atom stereocenters. The van der Waals surface area contributed by atoms with Crippen molar-refractivity contribution in [2.45, 2.75) is 6.92 Å². The van der Waals surface area contributed by atoms with Crippen molar-refractivity contribution in [3.63, 3.8) is 0 Å². The van der Waals surface area contributed by atoms with Crippen molar-refractivity contribution >= 4 is 54.9 Å². The Bertz CT molecular complexity index is 555. The number of carbonyl (C=O) groups is 1. The summed E-state index contributed by atoms with van der Waals surface area (Å²) in [6.45, 7) is 2.10. The molecule has 0 unspecified atom stereocenters. The van der Waals surface area contributed by atoms with E-state index in [0.717, 1.165) is 10.1 Å². The van der Waals surface area contributed by atoms with Crippen LogP contribution in [0.3, 0.4) is 0 Å². The summed E-state index contributed by atoms with van der Waals surface area (Å²) in [5.74, 6) is -0.388. The average Bonchev–Trinajstić information content (AvgIpc) is 2.59. The van der Waals surface area contributed by atoms with Crippen LogP contribution in [0.1, 0.15) is 16.6 Å². The standard InChI is InChI=1S/C10H7BrClNO2S/c1-2-15-10(14)8-6(12)5-3-4-13-9(11)7(5)16-8/h3-4H,2H2,1H3. The molecular formula is C10H7BrClNO2S. The molecule has 16 heavy (non-hydrogen) atoms. The molecule has 0 radical (unpaired) electrons. The number of carbonyl (C=O) groups excluding carboxylic acids is 1. The smallest absolute Gasteiger partial charge is 0.349 e. The molecule has 0 saturated heterocycles. The van der Waals surface area contributed by atoms with Gasteiger partial charge in [0, 0.05) is 11.6 Å². The van der Waals surface area contributed by atoms with Gasteiger partial charge in [0.15, 0.2) is 0 Å². The third-order valence-corrected chi connectivity index (χ3v) is 4.52. The van der Waals surface area contributed by atoms with Crippen LogP contribution in [-0.4, -0.2) is 17.6 Å². The third kappa shape index (κ3) is 1.95. The first-order chi connectivity index (χ1) is 7.65. The van der Waals surface area contributed by atoms with E-state index >= 15 is 0 Å². The highest BCUT2D eigenvalue weighted by atomic mass is 79.9. The van der Waals surface area contributed by atoms with Crippen molar-refractivity contribution in [3.05, 3.63) is 26.8 Å². The molecule has 2 rings (SSSR count). The van der Waals surface area contributed by atoms with Crippen molar-refractivity contribution in [2.75, 3.05) is 6.61 Å². The molecule has 84 valence electrons. The molecule has 0 bridgehead atoms. The topological polar surface area (TPSA) is 39.2 Å². The van der Waals surface area contributed by atoms with Gasteiger partial charge in [-0.1, -0.05) is 11.6 Å². The van der Waals surface area contributed by atoms with Gasteiger partial charge < -0.3 is 4.74 Å². The SMILES string of the molecule is CCOC(=O)c1sc2c(Br)nccc2c1Cl. The summed E-state index contributed by atoms with van der Waals surface area (Å²) in [6, 6.07) is 1.78. The van der Waals surface area contributed by atoms with E-state index in [2.05, 4.69) is 20.9 Å². The van der Waals surface area contributed by atoms with Crippen LogP contribution in [0.15, 0.2) is 16.9 Å². The fourth-order valence-corrected chi connectivity index (χ4v) is 3.23. The number of thiophene rings is 1. The summed E-state index contributed by atoms with van der Waals surface area (Å²) >= 11 is 10.7. The highest BCUT2D eigenvalue weighted by molar-refractivity contribution is 9.10. The van der Waals surface area contributed by atoms with E-state index < -0.39 is 0 Å². The summed E-state index contributed by atoms with van der Waals surface area (Å²) in [5, 5.41) is 1.25. The minimum Gasteiger partial charge on any atom is -0.462 e. The number of esters is 1. The Morgan fingerprint density at radius 2 is 2.44 bits per heavy atom. The number of nitrogens with zero attached hydrogens (tertiary/aromatic N) is 1. The second-order valence-corrected chi connectivity index (χ2v) is 5.09. The van der Waals surface area contributed by atoms with Gasteiger partial charge in [-0.05, 0) is 28.9 Å². The van der Waals surface area contributed by atoms with Crippen molar-refractivity contribution in [1.82, 2.24) is 4.98 Å². The normalized spacial score (nSPS) is 10.7. The van der Waals surface area contributed by atoms with E-state index in [9.17, 15) is 4.79 Å². The average molecular weight is 321 g/mol. The minimum absolute atomic E-state index is 0.336. The van der Waals surface area contributed by atoms with Gasteiger partial charge >= 0.3 is 5.97 Å². The van der Waals surface area contributed by atoms with Crippen LogP contribution in [0.2, 0.25) is 5.02 Å². The largest absolute Gasteiger partial charge is 0.462 e. The van der Waals surface area contributed by atoms with Crippen molar-refractivity contribution in [2.24, 2.45) is 0 Å². The Morgan fingerprint density at radius 3 is 3.06 bits per heavy atom. The highest BCUT2D eigenvalue weighted by Crippen LogP contribution is 2.38. The van der Waals surface area contributed by atoms with E-state index in [4.69, 9.17) is 16.3 Å². The summed E-state index contributed by atoms with van der Waals surface area (Å²) in [6.07, 6.45) is 1.64. The van der Waals surface area contributed by atoms with Crippen molar-refractivity contribution < 1.29 is 9.53 Å². The zero-order chi connectivity index (χ0) is 11.7. The lowest BCUT2D eigenvalue weighted by molar-refractivity contribution is 0.0532. The lowest BCUT2D eigenvalue weighted by atomic mass is 10.3. The molecule has 3 nitrogen and oxygen atoms in total. The number of ether oxygens (including phenoxy) is 1. The summed E-state index contributed by atoms with van der Waals surface area (Å²) in [4.78, 5) is 16.1. The van der Waals surface area contributed by atoms with Gasteiger partial charge in [-0.25, -0.2) is 9.78 Å². The van der Waals surface area contributed by atoms with Gasteiger partial charge in [0.05, 0.1) is 16.3 Å². The zero-order valence-electron chi connectivity index (χ0n) is 8.29. The molecule has 0 aromatic carbocycles. The Labute approximate surface area is 110 Å². The van der Waals surface area contributed by atoms with Gasteiger partial charge in [-0.15, -0.1) is 11.3 Å². The molecule has 6 heteroatoms. The maximum atomic E-state index is 11.6. The number of hydrogen-bond donors (Lipinski definition) is 0. The van der Waals surface area contributed by atoms with Gasteiger partial charge in [-0.3, -0.25) is 0 Å². The number of fused-ring (bicyclic) bond motifs is 1. The molecule has 0 aliphatic carbocycles. The van der Waals surface area contributed by atoms with E-state index in [1.807, 2.05) is 0 Å². The van der Waals surface area contributed by atoms with Gasteiger partial charge in [-0.2, -0.15) is 0 Å². The first-order valence-electron chi connectivity index (χ1n) is 4.54. The fraction of sp³-hybridized carbons (Fsp3) is 0.200.